The second-order valence-corrected chi connectivity index (χ2v) is 9.38. The van der Waals surface area contributed by atoms with Crippen LogP contribution in [0.2, 0.25) is 0 Å². The van der Waals surface area contributed by atoms with Crippen LogP contribution in [0.25, 0.3) is 0 Å². The lowest BCUT2D eigenvalue weighted by Gasteiger charge is -2.41. The number of para-hydroxylation sites is 2. The summed E-state index contributed by atoms with van der Waals surface area (Å²) in [4.78, 5) is 7.61. The van der Waals surface area contributed by atoms with Gasteiger partial charge < -0.3 is 28.6 Å². The molecule has 36 heavy (non-hydrogen) atoms. The molecule has 2 heterocycles. The van der Waals surface area contributed by atoms with Gasteiger partial charge in [0, 0.05) is 44.9 Å². The Morgan fingerprint density at radius 3 is 1.97 bits per heavy atom. The van der Waals surface area contributed by atoms with Crippen LogP contribution in [0.4, 0.5) is 5.69 Å². The fourth-order valence-electron chi connectivity index (χ4n) is 5.25. The number of hydrogen-bond donors (Lipinski definition) is 0. The number of likely N-dealkylation sites (tertiary alicyclic amines) is 1. The Bertz CT molecular complexity index is 933. The summed E-state index contributed by atoms with van der Waals surface area (Å²) in [7, 11) is 6.61. The Labute approximate surface area is 215 Å². The number of nitrogens with zero attached hydrogens (tertiary/aromatic N) is 3. The molecule has 4 rings (SSSR count). The maximum absolute atomic E-state index is 6.36. The zero-order valence-electron chi connectivity index (χ0n) is 22.2. The third-order valence-electron chi connectivity index (χ3n) is 7.25. The molecule has 2 aromatic carbocycles. The van der Waals surface area contributed by atoms with E-state index in [1.807, 2.05) is 24.3 Å². The molecule has 0 aliphatic carbocycles. The van der Waals surface area contributed by atoms with Crippen molar-refractivity contribution in [3.05, 3.63) is 36.4 Å². The summed E-state index contributed by atoms with van der Waals surface area (Å²) in [6, 6.07) is 12.4. The minimum absolute atomic E-state index is 0.321. The van der Waals surface area contributed by atoms with Crippen LogP contribution >= 0.6 is 0 Å². The van der Waals surface area contributed by atoms with E-state index < -0.39 is 0 Å². The Morgan fingerprint density at radius 1 is 0.722 bits per heavy atom. The molecule has 2 saturated heterocycles. The number of benzene rings is 2. The van der Waals surface area contributed by atoms with Crippen molar-refractivity contribution >= 4 is 5.69 Å². The Balaban J connectivity index is 1.41. The van der Waals surface area contributed by atoms with Gasteiger partial charge in [-0.05, 0) is 38.1 Å². The van der Waals surface area contributed by atoms with Gasteiger partial charge in [0.05, 0.1) is 40.2 Å². The number of rotatable bonds is 11. The van der Waals surface area contributed by atoms with Crippen LogP contribution in [-0.4, -0.2) is 96.7 Å². The predicted molar refractivity (Wildman–Crippen MR) is 142 cm³/mol. The van der Waals surface area contributed by atoms with Crippen LogP contribution in [-0.2, 0) is 0 Å². The third-order valence-corrected chi connectivity index (χ3v) is 7.25. The molecular weight excluding hydrogens is 458 g/mol. The van der Waals surface area contributed by atoms with Crippen LogP contribution in [0.1, 0.15) is 19.3 Å². The van der Waals surface area contributed by atoms with Gasteiger partial charge >= 0.3 is 0 Å². The number of methoxy groups -OCH3 is 4. The van der Waals surface area contributed by atoms with Crippen molar-refractivity contribution in [1.29, 1.82) is 0 Å². The van der Waals surface area contributed by atoms with Crippen molar-refractivity contribution in [3.63, 3.8) is 0 Å². The van der Waals surface area contributed by atoms with E-state index in [2.05, 4.69) is 26.8 Å². The second kappa shape index (κ2) is 12.9. The van der Waals surface area contributed by atoms with Crippen molar-refractivity contribution < 1.29 is 23.7 Å². The van der Waals surface area contributed by atoms with Gasteiger partial charge in [0.1, 0.15) is 18.1 Å². The van der Waals surface area contributed by atoms with E-state index in [-0.39, 0.29) is 0 Å². The fourth-order valence-corrected chi connectivity index (χ4v) is 5.25. The molecule has 0 amide bonds. The van der Waals surface area contributed by atoms with Crippen LogP contribution in [0.15, 0.2) is 36.4 Å². The first-order valence-electron chi connectivity index (χ1n) is 12.9. The lowest BCUT2D eigenvalue weighted by Crippen LogP contribution is -2.54. The summed E-state index contributed by atoms with van der Waals surface area (Å²) in [6.07, 6.45) is 3.82. The molecule has 2 aliphatic rings. The number of piperazine rings is 1. The SMILES string of the molecule is COc1ccccc1N1CCN(CC(COc2cc(OC)c(OC)c(OC)c2)N2CCCCC2)CC1. The van der Waals surface area contributed by atoms with Gasteiger partial charge in [-0.1, -0.05) is 18.6 Å². The largest absolute Gasteiger partial charge is 0.495 e. The number of ether oxygens (including phenoxy) is 5. The van der Waals surface area contributed by atoms with E-state index in [1.165, 1.54) is 24.9 Å². The first-order valence-corrected chi connectivity index (χ1v) is 12.9. The van der Waals surface area contributed by atoms with Crippen LogP contribution in [0.5, 0.6) is 28.7 Å². The number of hydrogen-bond acceptors (Lipinski definition) is 8. The topological polar surface area (TPSA) is 55.9 Å². The van der Waals surface area contributed by atoms with Gasteiger partial charge in [0.25, 0.3) is 0 Å². The molecule has 0 spiro atoms. The highest BCUT2D eigenvalue weighted by Gasteiger charge is 2.27. The summed E-state index contributed by atoms with van der Waals surface area (Å²) in [6.45, 7) is 7.88. The average Bonchev–Trinajstić information content (AvgIpc) is 2.95. The Kier molecular flexibility index (Phi) is 9.41. The molecule has 1 unspecified atom stereocenters. The first-order chi connectivity index (χ1) is 17.7. The second-order valence-electron chi connectivity index (χ2n) is 9.38. The van der Waals surface area contributed by atoms with Gasteiger partial charge in [0.2, 0.25) is 5.75 Å². The maximum atomic E-state index is 6.36. The van der Waals surface area contributed by atoms with Gasteiger partial charge in [0.15, 0.2) is 11.5 Å². The lowest BCUT2D eigenvalue weighted by molar-refractivity contribution is 0.0787. The molecule has 1 atom stereocenters. The zero-order chi connectivity index (χ0) is 25.3. The molecule has 2 fully saturated rings. The predicted octanol–water partition coefficient (Wildman–Crippen LogP) is 3.78. The molecule has 0 aromatic heterocycles. The van der Waals surface area contributed by atoms with Crippen LogP contribution < -0.4 is 28.6 Å². The molecule has 0 radical (unpaired) electrons. The van der Waals surface area contributed by atoms with E-state index in [0.717, 1.165) is 57.3 Å². The molecule has 0 bridgehead atoms. The lowest BCUT2D eigenvalue weighted by atomic mass is 10.1. The molecule has 0 saturated carbocycles. The highest BCUT2D eigenvalue weighted by atomic mass is 16.5. The van der Waals surface area contributed by atoms with Crippen molar-refractivity contribution in [2.45, 2.75) is 25.3 Å². The molecule has 2 aliphatic heterocycles. The highest BCUT2D eigenvalue weighted by Crippen LogP contribution is 2.41. The van der Waals surface area contributed by atoms with E-state index in [4.69, 9.17) is 23.7 Å². The third kappa shape index (κ3) is 6.28. The molecular formula is C28H41N3O5. The summed E-state index contributed by atoms with van der Waals surface area (Å²) in [5.41, 5.74) is 1.18. The average molecular weight is 500 g/mol. The number of anilines is 1. The molecule has 8 nitrogen and oxygen atoms in total. The summed E-state index contributed by atoms with van der Waals surface area (Å²) < 4.78 is 28.4. The van der Waals surface area contributed by atoms with Gasteiger partial charge in [-0.25, -0.2) is 0 Å². The molecule has 8 heteroatoms. The first kappa shape index (κ1) is 26.2. The number of piperidine rings is 1. The quantitative estimate of drug-likeness (QED) is 0.463. The highest BCUT2D eigenvalue weighted by molar-refractivity contribution is 5.58. The molecule has 0 N–H and O–H groups in total. The Morgan fingerprint density at radius 2 is 1.36 bits per heavy atom. The summed E-state index contributed by atoms with van der Waals surface area (Å²) >= 11 is 0. The van der Waals surface area contributed by atoms with Crippen molar-refractivity contribution in [2.75, 3.05) is 85.8 Å². The summed E-state index contributed by atoms with van der Waals surface area (Å²) in [5, 5.41) is 0. The van der Waals surface area contributed by atoms with Crippen molar-refractivity contribution in [2.24, 2.45) is 0 Å². The van der Waals surface area contributed by atoms with Gasteiger partial charge in [-0.2, -0.15) is 0 Å². The normalized spacial score (nSPS) is 17.9. The van der Waals surface area contributed by atoms with Crippen LogP contribution in [0.3, 0.4) is 0 Å². The molecule has 2 aromatic rings. The minimum Gasteiger partial charge on any atom is -0.495 e. The van der Waals surface area contributed by atoms with E-state index in [0.29, 0.717) is 29.9 Å². The maximum Gasteiger partial charge on any atom is 0.203 e. The van der Waals surface area contributed by atoms with E-state index in [1.54, 1.807) is 28.4 Å². The smallest absolute Gasteiger partial charge is 0.203 e. The monoisotopic (exact) mass is 499 g/mol. The van der Waals surface area contributed by atoms with Crippen molar-refractivity contribution in [1.82, 2.24) is 9.80 Å². The van der Waals surface area contributed by atoms with E-state index >= 15 is 0 Å². The van der Waals surface area contributed by atoms with Crippen molar-refractivity contribution in [3.8, 4) is 28.7 Å². The molecule has 198 valence electrons. The van der Waals surface area contributed by atoms with Gasteiger partial charge in [-0.3, -0.25) is 9.80 Å². The standard InChI is InChI=1S/C28H41N3O5/c1-32-25-11-7-6-10-24(25)31-16-14-29(15-17-31)20-22(30-12-8-5-9-13-30)21-36-23-18-26(33-2)28(35-4)27(19-23)34-3/h6-7,10-11,18-19,22H,5,8-9,12-17,20-21H2,1-4H3. The Hall–Kier alpha value is -2.84. The fraction of sp³-hybridized carbons (Fsp3) is 0.571. The van der Waals surface area contributed by atoms with Crippen LogP contribution in [0, 0.1) is 0 Å². The van der Waals surface area contributed by atoms with Gasteiger partial charge in [-0.15, -0.1) is 0 Å². The zero-order valence-corrected chi connectivity index (χ0v) is 22.2. The minimum atomic E-state index is 0.321. The van der Waals surface area contributed by atoms with E-state index in [9.17, 15) is 0 Å². The summed E-state index contributed by atoms with van der Waals surface area (Å²) in [5.74, 6) is 3.46.